The number of thioether (sulfide) groups is 1. The molecule has 0 saturated heterocycles. The summed E-state index contributed by atoms with van der Waals surface area (Å²) < 4.78 is 0. The second-order valence-electron chi connectivity index (χ2n) is 4.52. The first-order chi connectivity index (χ1) is 9.78. The maximum absolute atomic E-state index is 12.4. The second kappa shape index (κ2) is 5.36. The van der Waals surface area contributed by atoms with Gasteiger partial charge in [-0.15, -0.1) is 11.8 Å². The predicted molar refractivity (Wildman–Crippen MR) is 80.6 cm³/mol. The first-order valence-electron chi connectivity index (χ1n) is 6.25. The molecule has 1 aliphatic heterocycles. The molecule has 96 valence electrons. The van der Waals surface area contributed by atoms with Gasteiger partial charge in [0.05, 0.1) is 11.6 Å². The van der Waals surface area contributed by atoms with E-state index < -0.39 is 0 Å². The highest BCUT2D eigenvalue weighted by Crippen LogP contribution is 2.33. The van der Waals surface area contributed by atoms with Crippen LogP contribution in [0.2, 0.25) is 0 Å². The van der Waals surface area contributed by atoms with Gasteiger partial charge in [0.2, 0.25) is 0 Å². The molecule has 0 aromatic heterocycles. The van der Waals surface area contributed by atoms with E-state index in [4.69, 9.17) is 5.26 Å². The number of fused-ring (bicyclic) bond motifs is 1. The molecule has 3 rings (SSSR count). The summed E-state index contributed by atoms with van der Waals surface area (Å²) in [6.07, 6.45) is 1.88. The van der Waals surface area contributed by atoms with Gasteiger partial charge in [-0.1, -0.05) is 24.3 Å². The zero-order valence-corrected chi connectivity index (χ0v) is 11.5. The van der Waals surface area contributed by atoms with Gasteiger partial charge in [-0.05, 0) is 35.9 Å². The summed E-state index contributed by atoms with van der Waals surface area (Å²) in [6.45, 7) is 0. The van der Waals surface area contributed by atoms with Gasteiger partial charge in [-0.3, -0.25) is 4.79 Å². The van der Waals surface area contributed by atoms with E-state index in [2.05, 4.69) is 6.07 Å². The third-order valence-electron chi connectivity index (χ3n) is 3.16. The van der Waals surface area contributed by atoms with Crippen LogP contribution in [0.3, 0.4) is 0 Å². The molecule has 0 spiro atoms. The Hall–Kier alpha value is -2.31. The molecule has 2 nitrogen and oxygen atoms in total. The Balaban J connectivity index is 1.98. The van der Waals surface area contributed by atoms with Crippen LogP contribution in [-0.2, 0) is 0 Å². The van der Waals surface area contributed by atoms with Crippen molar-refractivity contribution in [1.82, 2.24) is 0 Å². The van der Waals surface area contributed by atoms with E-state index in [9.17, 15) is 4.79 Å². The zero-order valence-electron chi connectivity index (χ0n) is 10.7. The fourth-order valence-corrected chi connectivity index (χ4v) is 3.20. The van der Waals surface area contributed by atoms with Crippen LogP contribution in [0, 0.1) is 11.3 Å². The van der Waals surface area contributed by atoms with Gasteiger partial charge >= 0.3 is 0 Å². The third-order valence-corrected chi connectivity index (χ3v) is 4.29. The van der Waals surface area contributed by atoms with E-state index in [0.717, 1.165) is 21.6 Å². The van der Waals surface area contributed by atoms with Gasteiger partial charge in [-0.25, -0.2) is 0 Å². The zero-order chi connectivity index (χ0) is 13.9. The van der Waals surface area contributed by atoms with Gasteiger partial charge in [0.15, 0.2) is 5.78 Å². The standard InChI is InChI=1S/C17H11NOS/c18-10-13-5-3-4-12(8-13)9-14-11-20-16-7-2-1-6-15(16)17(14)19/h1-9H,11H2. The van der Waals surface area contributed by atoms with Gasteiger partial charge in [0.25, 0.3) is 0 Å². The summed E-state index contributed by atoms with van der Waals surface area (Å²) in [7, 11) is 0. The number of ketones is 1. The van der Waals surface area contributed by atoms with E-state index >= 15 is 0 Å². The number of carbonyl (C=O) groups excluding carboxylic acids is 1. The number of carbonyl (C=O) groups is 1. The molecule has 3 heteroatoms. The SMILES string of the molecule is N#Cc1cccc(C=C2CSc3ccccc3C2=O)c1. The lowest BCUT2D eigenvalue weighted by Crippen LogP contribution is -2.12. The van der Waals surface area contributed by atoms with E-state index in [1.54, 1.807) is 23.9 Å². The minimum atomic E-state index is 0.0849. The molecule has 0 unspecified atom stereocenters. The van der Waals surface area contributed by atoms with E-state index in [1.807, 2.05) is 42.5 Å². The molecular weight excluding hydrogens is 266 g/mol. The van der Waals surface area contributed by atoms with Crippen molar-refractivity contribution < 1.29 is 4.79 Å². The van der Waals surface area contributed by atoms with Crippen molar-refractivity contribution in [3.8, 4) is 6.07 Å². The third kappa shape index (κ3) is 2.38. The maximum atomic E-state index is 12.4. The van der Waals surface area contributed by atoms with Crippen molar-refractivity contribution in [3.05, 3.63) is 70.8 Å². The number of nitriles is 1. The van der Waals surface area contributed by atoms with Gasteiger partial charge in [0.1, 0.15) is 0 Å². The predicted octanol–water partition coefficient (Wildman–Crippen LogP) is 3.93. The smallest absolute Gasteiger partial charge is 0.191 e. The maximum Gasteiger partial charge on any atom is 0.191 e. The van der Waals surface area contributed by atoms with Crippen molar-refractivity contribution in [2.75, 3.05) is 5.75 Å². The molecular formula is C17H11NOS. The Morgan fingerprint density at radius 3 is 2.85 bits per heavy atom. The molecule has 0 aliphatic carbocycles. The number of hydrogen-bond donors (Lipinski definition) is 0. The Morgan fingerprint density at radius 2 is 2.00 bits per heavy atom. The summed E-state index contributed by atoms with van der Waals surface area (Å²) in [5.74, 6) is 0.758. The highest BCUT2D eigenvalue weighted by Gasteiger charge is 2.21. The summed E-state index contributed by atoms with van der Waals surface area (Å²) in [4.78, 5) is 13.5. The van der Waals surface area contributed by atoms with Crippen molar-refractivity contribution in [2.45, 2.75) is 4.90 Å². The molecule has 0 fully saturated rings. The van der Waals surface area contributed by atoms with E-state index in [1.165, 1.54) is 0 Å². The van der Waals surface area contributed by atoms with Gasteiger partial charge < -0.3 is 0 Å². The Labute approximate surface area is 121 Å². The molecule has 0 bridgehead atoms. The molecule has 1 aliphatic rings. The lowest BCUT2D eigenvalue weighted by atomic mass is 10.0. The van der Waals surface area contributed by atoms with Crippen LogP contribution in [0.5, 0.6) is 0 Å². The van der Waals surface area contributed by atoms with Crippen LogP contribution in [-0.4, -0.2) is 11.5 Å². The van der Waals surface area contributed by atoms with E-state index in [-0.39, 0.29) is 5.78 Å². The summed E-state index contributed by atoms with van der Waals surface area (Å²) in [5, 5.41) is 8.91. The lowest BCUT2D eigenvalue weighted by molar-refractivity contribution is 0.103. The van der Waals surface area contributed by atoms with Crippen molar-refractivity contribution >= 4 is 23.6 Å². The summed E-state index contributed by atoms with van der Waals surface area (Å²) in [6, 6.07) is 17.1. The molecule has 0 atom stereocenters. The minimum absolute atomic E-state index is 0.0849. The van der Waals surface area contributed by atoms with Gasteiger partial charge in [0, 0.05) is 21.8 Å². The lowest BCUT2D eigenvalue weighted by Gasteiger charge is -2.16. The average molecular weight is 277 g/mol. The van der Waals surface area contributed by atoms with Crippen LogP contribution in [0.25, 0.3) is 6.08 Å². The fraction of sp³-hybridized carbons (Fsp3) is 0.0588. The quantitative estimate of drug-likeness (QED) is 0.741. The van der Waals surface area contributed by atoms with Crippen molar-refractivity contribution in [1.29, 1.82) is 5.26 Å². The number of benzene rings is 2. The molecule has 0 amide bonds. The van der Waals surface area contributed by atoms with Crippen molar-refractivity contribution in [2.24, 2.45) is 0 Å². The highest BCUT2D eigenvalue weighted by molar-refractivity contribution is 7.99. The fourth-order valence-electron chi connectivity index (χ4n) is 2.18. The topological polar surface area (TPSA) is 40.9 Å². The first-order valence-corrected chi connectivity index (χ1v) is 7.24. The Morgan fingerprint density at radius 1 is 1.15 bits per heavy atom. The average Bonchev–Trinajstić information content (AvgIpc) is 2.50. The van der Waals surface area contributed by atoms with Gasteiger partial charge in [-0.2, -0.15) is 5.26 Å². The Kier molecular flexibility index (Phi) is 3.41. The monoisotopic (exact) mass is 277 g/mol. The number of rotatable bonds is 1. The second-order valence-corrected chi connectivity index (χ2v) is 5.54. The molecule has 1 heterocycles. The van der Waals surface area contributed by atoms with Crippen LogP contribution >= 0.6 is 11.8 Å². The first kappa shape index (κ1) is 12.7. The van der Waals surface area contributed by atoms with E-state index in [0.29, 0.717) is 11.3 Å². The van der Waals surface area contributed by atoms with Crippen molar-refractivity contribution in [3.63, 3.8) is 0 Å². The van der Waals surface area contributed by atoms with Crippen LogP contribution in [0.4, 0.5) is 0 Å². The molecule has 0 saturated carbocycles. The number of hydrogen-bond acceptors (Lipinski definition) is 3. The highest BCUT2D eigenvalue weighted by atomic mass is 32.2. The van der Waals surface area contributed by atoms with Crippen LogP contribution < -0.4 is 0 Å². The van der Waals surface area contributed by atoms with Crippen LogP contribution in [0.1, 0.15) is 21.5 Å². The Bertz CT molecular complexity index is 756. The largest absolute Gasteiger partial charge is 0.289 e. The normalized spacial score (nSPS) is 15.8. The minimum Gasteiger partial charge on any atom is -0.289 e. The molecule has 2 aromatic carbocycles. The number of nitrogens with zero attached hydrogens (tertiary/aromatic N) is 1. The van der Waals surface area contributed by atoms with Crippen LogP contribution in [0.15, 0.2) is 59.0 Å². The number of Topliss-reactive ketones (excluding diaryl/α,β-unsaturated/α-hetero) is 1. The summed E-state index contributed by atoms with van der Waals surface area (Å²) >= 11 is 1.68. The molecule has 0 N–H and O–H groups in total. The molecule has 0 radical (unpaired) electrons. The molecule has 20 heavy (non-hydrogen) atoms. The summed E-state index contributed by atoms with van der Waals surface area (Å²) in [5.41, 5.74) is 3.05. The molecule has 2 aromatic rings.